The van der Waals surface area contributed by atoms with Crippen molar-refractivity contribution in [1.29, 1.82) is 0 Å². The second kappa shape index (κ2) is 3.90. The van der Waals surface area contributed by atoms with Crippen molar-refractivity contribution in [1.82, 2.24) is 19.3 Å². The summed E-state index contributed by atoms with van der Waals surface area (Å²) in [6.07, 6.45) is 1.83. The first-order valence-electron chi connectivity index (χ1n) is 5.19. The van der Waals surface area contributed by atoms with Crippen LogP contribution in [-0.4, -0.2) is 19.3 Å². The summed E-state index contributed by atoms with van der Waals surface area (Å²) in [5, 5.41) is 5.21. The van der Waals surface area contributed by atoms with Gasteiger partial charge < -0.3 is 5.73 Å². The smallest absolute Gasteiger partial charge is 0.207 e. The number of aryl methyl sites for hydroxylation is 1. The maximum atomic E-state index is 6.02. The number of rotatable bonds is 1. The molecule has 2 aromatic heterocycles. The lowest BCUT2D eigenvalue weighted by Gasteiger charge is -2.02. The van der Waals surface area contributed by atoms with Crippen molar-refractivity contribution in [2.24, 2.45) is 7.05 Å². The van der Waals surface area contributed by atoms with Crippen molar-refractivity contribution in [3.63, 3.8) is 0 Å². The summed E-state index contributed by atoms with van der Waals surface area (Å²) in [6, 6.07) is 5.27. The highest BCUT2D eigenvalue weighted by atomic mass is 35.5. The van der Waals surface area contributed by atoms with Crippen LogP contribution in [0.2, 0.25) is 10.0 Å². The van der Waals surface area contributed by atoms with Crippen molar-refractivity contribution in [2.75, 3.05) is 5.73 Å². The van der Waals surface area contributed by atoms with Gasteiger partial charge in [0.2, 0.25) is 5.95 Å². The molecule has 1 aromatic carbocycles. The van der Waals surface area contributed by atoms with Crippen LogP contribution in [0.1, 0.15) is 0 Å². The summed E-state index contributed by atoms with van der Waals surface area (Å²) in [5.74, 6) is 1.04. The Bertz CT molecular complexity index is 743. The molecule has 92 valence electrons. The minimum Gasteiger partial charge on any atom is -0.369 e. The predicted octanol–water partition coefficient (Wildman–Crippen LogP) is 2.65. The molecule has 3 rings (SSSR count). The van der Waals surface area contributed by atoms with Gasteiger partial charge in [0.1, 0.15) is 0 Å². The first kappa shape index (κ1) is 11.4. The summed E-state index contributed by atoms with van der Waals surface area (Å²) >= 11 is 12.0. The molecule has 0 unspecified atom stereocenters. The number of benzene rings is 1. The maximum Gasteiger partial charge on any atom is 0.207 e. The number of hydrogen-bond acceptors (Lipinski definition) is 3. The number of fused-ring (bicyclic) bond motifs is 1. The van der Waals surface area contributed by atoms with Crippen LogP contribution < -0.4 is 5.73 Å². The average Bonchev–Trinajstić information content (AvgIpc) is 2.83. The maximum absolute atomic E-state index is 6.02. The molecule has 0 atom stereocenters. The molecule has 2 heterocycles. The molecule has 0 radical (unpaired) electrons. The lowest BCUT2D eigenvalue weighted by molar-refractivity contribution is 0.754. The van der Waals surface area contributed by atoms with E-state index in [9.17, 15) is 0 Å². The van der Waals surface area contributed by atoms with E-state index < -0.39 is 0 Å². The molecule has 5 nitrogen and oxygen atoms in total. The van der Waals surface area contributed by atoms with Crippen molar-refractivity contribution in [3.8, 4) is 5.82 Å². The number of anilines is 1. The van der Waals surface area contributed by atoms with Gasteiger partial charge >= 0.3 is 0 Å². The van der Waals surface area contributed by atoms with E-state index in [1.807, 2.05) is 19.3 Å². The fourth-order valence-electron chi connectivity index (χ4n) is 1.85. The quantitative estimate of drug-likeness (QED) is 0.746. The largest absolute Gasteiger partial charge is 0.369 e. The van der Waals surface area contributed by atoms with Crippen LogP contribution in [0.15, 0.2) is 24.4 Å². The topological polar surface area (TPSA) is 61.7 Å². The van der Waals surface area contributed by atoms with E-state index in [0.29, 0.717) is 27.3 Å². The molecule has 0 aliphatic carbocycles. The van der Waals surface area contributed by atoms with Crippen LogP contribution in [0.5, 0.6) is 0 Å². The second-order valence-corrected chi connectivity index (χ2v) is 4.72. The number of nitrogens with zero attached hydrogens (tertiary/aromatic N) is 4. The highest BCUT2D eigenvalue weighted by molar-refractivity contribution is 6.42. The lowest BCUT2D eigenvalue weighted by Crippen LogP contribution is -2.02. The van der Waals surface area contributed by atoms with E-state index in [-0.39, 0.29) is 0 Å². The van der Waals surface area contributed by atoms with Crippen molar-refractivity contribution >= 4 is 40.2 Å². The number of nitrogen functional groups attached to an aromatic ring is 1. The Hall–Kier alpha value is -1.72. The van der Waals surface area contributed by atoms with Gasteiger partial charge in [-0.2, -0.15) is 5.10 Å². The van der Waals surface area contributed by atoms with Crippen LogP contribution in [0.25, 0.3) is 16.9 Å². The van der Waals surface area contributed by atoms with Gasteiger partial charge in [-0.15, -0.1) is 0 Å². The Morgan fingerprint density at radius 1 is 1.22 bits per heavy atom. The standard InChI is InChI=1S/C11H9Cl2N5/c1-17-3-2-10(16-17)18-9-5-7(13)6(12)4-8(9)15-11(18)14/h2-5H,1H3,(H2,14,15). The SMILES string of the molecule is Cn1ccc(-n2c(N)nc3cc(Cl)c(Cl)cc32)n1. The van der Waals surface area contributed by atoms with E-state index in [1.54, 1.807) is 21.4 Å². The van der Waals surface area contributed by atoms with Crippen LogP contribution >= 0.6 is 23.2 Å². The third-order valence-electron chi connectivity index (χ3n) is 2.65. The molecule has 0 aliphatic rings. The van der Waals surface area contributed by atoms with Crippen LogP contribution in [-0.2, 0) is 7.05 Å². The second-order valence-electron chi connectivity index (χ2n) is 3.91. The minimum absolute atomic E-state index is 0.349. The van der Waals surface area contributed by atoms with Crippen molar-refractivity contribution in [2.45, 2.75) is 0 Å². The Morgan fingerprint density at radius 3 is 2.61 bits per heavy atom. The molecule has 0 amide bonds. The molecule has 0 saturated heterocycles. The van der Waals surface area contributed by atoms with Gasteiger partial charge in [-0.25, -0.2) is 4.98 Å². The van der Waals surface area contributed by atoms with E-state index in [2.05, 4.69) is 10.1 Å². The summed E-state index contributed by atoms with van der Waals surface area (Å²) in [6.45, 7) is 0. The summed E-state index contributed by atoms with van der Waals surface area (Å²) in [7, 11) is 1.84. The first-order chi connectivity index (χ1) is 8.56. The summed E-state index contributed by atoms with van der Waals surface area (Å²) < 4.78 is 3.43. The van der Waals surface area contributed by atoms with E-state index in [4.69, 9.17) is 28.9 Å². The molecule has 18 heavy (non-hydrogen) atoms. The van der Waals surface area contributed by atoms with Gasteiger partial charge in [0, 0.05) is 19.3 Å². The minimum atomic E-state index is 0.349. The molecule has 0 bridgehead atoms. The predicted molar refractivity (Wildman–Crippen MR) is 72.3 cm³/mol. The molecule has 7 heteroatoms. The third-order valence-corrected chi connectivity index (χ3v) is 3.37. The van der Waals surface area contributed by atoms with Crippen LogP contribution in [0.3, 0.4) is 0 Å². The molecule has 0 fully saturated rings. The fraction of sp³-hybridized carbons (Fsp3) is 0.0909. The van der Waals surface area contributed by atoms with Crippen molar-refractivity contribution < 1.29 is 0 Å². The Balaban J connectivity index is 2.35. The monoisotopic (exact) mass is 281 g/mol. The molecule has 0 saturated carbocycles. The number of hydrogen-bond donors (Lipinski definition) is 1. The highest BCUT2D eigenvalue weighted by Crippen LogP contribution is 2.30. The molecule has 2 N–H and O–H groups in total. The Morgan fingerprint density at radius 2 is 1.94 bits per heavy atom. The van der Waals surface area contributed by atoms with E-state index >= 15 is 0 Å². The molecule has 0 spiro atoms. The van der Waals surface area contributed by atoms with Crippen LogP contribution in [0, 0.1) is 0 Å². The Labute approximate surface area is 113 Å². The van der Waals surface area contributed by atoms with Gasteiger partial charge in [0.15, 0.2) is 5.82 Å². The summed E-state index contributed by atoms with van der Waals surface area (Å²) in [5.41, 5.74) is 7.38. The number of imidazole rings is 1. The van der Waals surface area contributed by atoms with E-state index in [0.717, 1.165) is 5.52 Å². The average molecular weight is 282 g/mol. The third kappa shape index (κ3) is 1.63. The van der Waals surface area contributed by atoms with Crippen LogP contribution in [0.4, 0.5) is 5.95 Å². The number of halogens is 2. The van der Waals surface area contributed by atoms with Gasteiger partial charge in [0.05, 0.1) is 21.1 Å². The number of aromatic nitrogens is 4. The van der Waals surface area contributed by atoms with Gasteiger partial charge in [-0.05, 0) is 12.1 Å². The molecular weight excluding hydrogens is 273 g/mol. The normalized spacial score (nSPS) is 11.3. The highest BCUT2D eigenvalue weighted by Gasteiger charge is 2.13. The molecular formula is C11H9Cl2N5. The summed E-state index contributed by atoms with van der Waals surface area (Å²) in [4.78, 5) is 4.25. The zero-order valence-electron chi connectivity index (χ0n) is 9.43. The Kier molecular flexibility index (Phi) is 2.46. The van der Waals surface area contributed by atoms with Gasteiger partial charge in [0.25, 0.3) is 0 Å². The molecule has 0 aliphatic heterocycles. The lowest BCUT2D eigenvalue weighted by atomic mass is 10.3. The first-order valence-corrected chi connectivity index (χ1v) is 5.95. The van der Waals surface area contributed by atoms with Gasteiger partial charge in [-0.3, -0.25) is 9.25 Å². The zero-order valence-corrected chi connectivity index (χ0v) is 10.9. The van der Waals surface area contributed by atoms with Gasteiger partial charge in [-0.1, -0.05) is 23.2 Å². The molecule has 3 aromatic rings. The fourth-order valence-corrected chi connectivity index (χ4v) is 2.17. The van der Waals surface area contributed by atoms with Crippen molar-refractivity contribution in [3.05, 3.63) is 34.4 Å². The number of nitrogens with two attached hydrogens (primary N) is 1. The van der Waals surface area contributed by atoms with E-state index in [1.165, 1.54) is 0 Å². The zero-order chi connectivity index (χ0) is 12.9.